The molecule has 0 unspecified atom stereocenters. The average molecular weight is 413 g/mol. The van der Waals surface area contributed by atoms with Crippen molar-refractivity contribution < 1.29 is 28.5 Å². The molecule has 0 radical (unpaired) electrons. The zero-order chi connectivity index (χ0) is 21.3. The molecule has 2 aromatic rings. The molecule has 1 aliphatic rings. The van der Waals surface area contributed by atoms with E-state index in [1.165, 1.54) is 6.21 Å². The highest BCUT2D eigenvalue weighted by Gasteiger charge is 2.16. The van der Waals surface area contributed by atoms with Gasteiger partial charge in [0.05, 0.1) is 26.0 Å². The Bertz CT molecular complexity index is 944. The molecule has 2 N–H and O–H groups in total. The second-order valence-corrected chi connectivity index (χ2v) is 6.12. The second kappa shape index (κ2) is 10.1. The number of benzene rings is 2. The number of nitrogens with one attached hydrogen (secondary N) is 2. The summed E-state index contributed by atoms with van der Waals surface area (Å²) in [5, 5.41) is 6.44. The Morgan fingerprint density at radius 1 is 1.03 bits per heavy atom. The highest BCUT2D eigenvalue weighted by atomic mass is 16.7. The molecule has 0 fully saturated rings. The van der Waals surface area contributed by atoms with Crippen molar-refractivity contribution in [2.45, 2.75) is 13.8 Å². The minimum absolute atomic E-state index is 0.126. The minimum atomic E-state index is -0.462. The quantitative estimate of drug-likeness (QED) is 0.482. The van der Waals surface area contributed by atoms with Crippen LogP contribution in [-0.2, 0) is 4.79 Å². The van der Waals surface area contributed by atoms with Crippen LogP contribution >= 0.6 is 0 Å². The third-order valence-corrected chi connectivity index (χ3v) is 4.01. The Morgan fingerprint density at radius 3 is 2.60 bits per heavy atom. The van der Waals surface area contributed by atoms with Crippen LogP contribution in [-0.4, -0.2) is 44.6 Å². The van der Waals surface area contributed by atoms with Crippen molar-refractivity contribution in [2.75, 3.05) is 26.6 Å². The van der Waals surface area contributed by atoms with E-state index in [9.17, 15) is 9.59 Å². The fourth-order valence-electron chi connectivity index (χ4n) is 2.67. The standard InChI is InChI=1S/C21H23N3O6/c1-3-27-16-7-5-14(9-18(16)28-4-2)11-23-24-20(25)12-22-21(26)15-6-8-17-19(10-15)30-13-29-17/h5-11H,3-4,12-13H2,1-2H3,(H,22,26)(H,24,25). The highest BCUT2D eigenvalue weighted by Crippen LogP contribution is 2.32. The van der Waals surface area contributed by atoms with Crippen LogP contribution in [0.25, 0.3) is 0 Å². The first-order valence-corrected chi connectivity index (χ1v) is 9.50. The zero-order valence-corrected chi connectivity index (χ0v) is 16.8. The summed E-state index contributed by atoms with van der Waals surface area (Å²) in [6.45, 7) is 4.71. The SMILES string of the molecule is CCOc1ccc(C=NNC(=O)CNC(=O)c2ccc3c(c2)OCO3)cc1OCC. The van der Waals surface area contributed by atoms with Crippen LogP contribution in [0.15, 0.2) is 41.5 Å². The number of hydrogen-bond donors (Lipinski definition) is 2. The molecule has 0 atom stereocenters. The Kier molecular flexibility index (Phi) is 7.09. The van der Waals surface area contributed by atoms with Gasteiger partial charge in [-0.1, -0.05) is 0 Å². The molecule has 158 valence electrons. The second-order valence-electron chi connectivity index (χ2n) is 6.12. The number of amides is 2. The van der Waals surface area contributed by atoms with Crippen LogP contribution in [0.4, 0.5) is 0 Å². The van der Waals surface area contributed by atoms with Crippen molar-refractivity contribution in [1.29, 1.82) is 0 Å². The minimum Gasteiger partial charge on any atom is -0.490 e. The first-order valence-electron chi connectivity index (χ1n) is 9.50. The summed E-state index contributed by atoms with van der Waals surface area (Å²) < 4.78 is 21.5. The molecular weight excluding hydrogens is 390 g/mol. The van der Waals surface area contributed by atoms with Crippen LogP contribution in [0, 0.1) is 0 Å². The number of hydrazone groups is 1. The number of fused-ring (bicyclic) bond motifs is 1. The molecular formula is C21H23N3O6. The Morgan fingerprint density at radius 2 is 1.80 bits per heavy atom. The van der Waals surface area contributed by atoms with Gasteiger partial charge < -0.3 is 24.3 Å². The molecule has 30 heavy (non-hydrogen) atoms. The number of rotatable bonds is 9. The molecule has 0 saturated carbocycles. The van der Waals surface area contributed by atoms with Crippen molar-refractivity contribution in [1.82, 2.24) is 10.7 Å². The summed E-state index contributed by atoms with van der Waals surface area (Å²) in [4.78, 5) is 24.1. The maximum atomic E-state index is 12.2. The first-order chi connectivity index (χ1) is 14.6. The van der Waals surface area contributed by atoms with E-state index in [1.54, 1.807) is 36.4 Å². The van der Waals surface area contributed by atoms with Gasteiger partial charge >= 0.3 is 0 Å². The van der Waals surface area contributed by atoms with Crippen LogP contribution < -0.4 is 29.7 Å². The van der Waals surface area contributed by atoms with Gasteiger partial charge in [0.25, 0.3) is 11.8 Å². The van der Waals surface area contributed by atoms with Crippen LogP contribution in [0.3, 0.4) is 0 Å². The molecule has 0 spiro atoms. The third kappa shape index (κ3) is 5.40. The molecule has 1 aliphatic heterocycles. The molecule has 0 saturated heterocycles. The molecule has 0 aliphatic carbocycles. The topological polar surface area (TPSA) is 107 Å². The number of ether oxygens (including phenoxy) is 4. The normalized spacial score (nSPS) is 11.9. The van der Waals surface area contributed by atoms with Gasteiger partial charge in [0.2, 0.25) is 6.79 Å². The summed E-state index contributed by atoms with van der Waals surface area (Å²) in [6, 6.07) is 10.2. The third-order valence-electron chi connectivity index (χ3n) is 4.01. The van der Waals surface area contributed by atoms with Crippen LogP contribution in [0.1, 0.15) is 29.8 Å². The van der Waals surface area contributed by atoms with Crippen molar-refractivity contribution in [3.63, 3.8) is 0 Å². The molecule has 0 bridgehead atoms. The van der Waals surface area contributed by atoms with E-state index >= 15 is 0 Å². The lowest BCUT2D eigenvalue weighted by Crippen LogP contribution is -2.34. The van der Waals surface area contributed by atoms with E-state index in [1.807, 2.05) is 13.8 Å². The van der Waals surface area contributed by atoms with Gasteiger partial charge in [0, 0.05) is 5.56 Å². The lowest BCUT2D eigenvalue weighted by Gasteiger charge is -2.11. The Labute approximate surface area is 174 Å². The average Bonchev–Trinajstić information content (AvgIpc) is 3.22. The van der Waals surface area contributed by atoms with Gasteiger partial charge in [-0.15, -0.1) is 0 Å². The van der Waals surface area contributed by atoms with Gasteiger partial charge in [0.15, 0.2) is 23.0 Å². The number of carbonyl (C=O) groups is 2. The van der Waals surface area contributed by atoms with Gasteiger partial charge in [-0.05, 0) is 55.8 Å². The summed E-state index contributed by atoms with van der Waals surface area (Å²) in [7, 11) is 0. The largest absolute Gasteiger partial charge is 0.490 e. The van der Waals surface area contributed by atoms with Gasteiger partial charge in [-0.2, -0.15) is 5.10 Å². The smallest absolute Gasteiger partial charge is 0.259 e. The monoisotopic (exact) mass is 413 g/mol. The van der Waals surface area contributed by atoms with E-state index < -0.39 is 11.8 Å². The lowest BCUT2D eigenvalue weighted by molar-refractivity contribution is -0.120. The number of hydrogen-bond acceptors (Lipinski definition) is 7. The van der Waals surface area contributed by atoms with Gasteiger partial charge in [-0.3, -0.25) is 9.59 Å². The van der Waals surface area contributed by atoms with E-state index in [0.29, 0.717) is 41.8 Å². The predicted molar refractivity (Wildman–Crippen MR) is 109 cm³/mol. The van der Waals surface area contributed by atoms with Gasteiger partial charge in [-0.25, -0.2) is 5.43 Å². The fraction of sp³-hybridized carbons (Fsp3) is 0.286. The Balaban J connectivity index is 1.50. The van der Waals surface area contributed by atoms with E-state index in [2.05, 4.69) is 15.8 Å². The summed E-state index contributed by atoms with van der Waals surface area (Å²) in [5.74, 6) is 1.47. The van der Waals surface area contributed by atoms with Crippen molar-refractivity contribution in [2.24, 2.45) is 5.10 Å². The molecule has 9 heteroatoms. The predicted octanol–water partition coefficient (Wildman–Crippen LogP) is 2.09. The van der Waals surface area contributed by atoms with Gasteiger partial charge in [0.1, 0.15) is 0 Å². The molecule has 2 amide bonds. The van der Waals surface area contributed by atoms with Crippen molar-refractivity contribution in [3.8, 4) is 23.0 Å². The summed E-state index contributed by atoms with van der Waals surface area (Å²) in [5.41, 5.74) is 3.47. The Hall–Kier alpha value is -3.75. The van der Waals surface area contributed by atoms with Crippen molar-refractivity contribution >= 4 is 18.0 Å². The first kappa shape index (κ1) is 21.0. The van der Waals surface area contributed by atoms with E-state index in [0.717, 1.165) is 5.56 Å². The maximum absolute atomic E-state index is 12.2. The number of carbonyl (C=O) groups excluding carboxylic acids is 2. The lowest BCUT2D eigenvalue weighted by atomic mass is 10.2. The molecule has 9 nitrogen and oxygen atoms in total. The van der Waals surface area contributed by atoms with Crippen LogP contribution in [0.2, 0.25) is 0 Å². The molecule has 2 aromatic carbocycles. The summed E-state index contributed by atoms with van der Waals surface area (Å²) >= 11 is 0. The number of nitrogens with zero attached hydrogens (tertiary/aromatic N) is 1. The molecule has 3 rings (SSSR count). The molecule has 1 heterocycles. The summed E-state index contributed by atoms with van der Waals surface area (Å²) in [6.07, 6.45) is 1.48. The fourth-order valence-corrected chi connectivity index (χ4v) is 2.67. The zero-order valence-electron chi connectivity index (χ0n) is 16.8. The maximum Gasteiger partial charge on any atom is 0.259 e. The highest BCUT2D eigenvalue weighted by molar-refractivity contribution is 5.97. The molecule has 0 aromatic heterocycles. The van der Waals surface area contributed by atoms with Crippen LogP contribution in [0.5, 0.6) is 23.0 Å². The van der Waals surface area contributed by atoms with E-state index in [-0.39, 0.29) is 13.3 Å². The van der Waals surface area contributed by atoms with E-state index in [4.69, 9.17) is 18.9 Å². The van der Waals surface area contributed by atoms with Crippen molar-refractivity contribution in [3.05, 3.63) is 47.5 Å².